The van der Waals surface area contributed by atoms with Gasteiger partial charge >= 0.3 is 0 Å². The molecule has 0 aliphatic rings. The fourth-order valence-electron chi connectivity index (χ4n) is 4.56. The normalized spacial score (nSPS) is 12.7. The van der Waals surface area contributed by atoms with E-state index in [4.69, 9.17) is 4.74 Å². The molecule has 0 aromatic heterocycles. The number of hydrogen-bond donors (Lipinski definition) is 1. The van der Waals surface area contributed by atoms with Gasteiger partial charge in [0.25, 0.3) is 10.0 Å². The fraction of sp³-hybridized carbons (Fsp3) is 0.375. The lowest BCUT2D eigenvalue weighted by molar-refractivity contribution is -0.139. The van der Waals surface area contributed by atoms with Crippen molar-refractivity contribution < 1.29 is 22.7 Å². The molecule has 220 valence electrons. The van der Waals surface area contributed by atoms with E-state index in [-0.39, 0.29) is 29.1 Å². The summed E-state index contributed by atoms with van der Waals surface area (Å²) in [7, 11) is -2.71. The highest BCUT2D eigenvalue weighted by Crippen LogP contribution is 2.33. The SMILES string of the molecule is CCC(C)NC(=O)C(CC)N(CCc1ccccc1)C(=O)CN(c1cc(C)ccc1OC)S(=O)(=O)c1ccccc1. The number of hydrogen-bond acceptors (Lipinski definition) is 5. The molecule has 0 bridgehead atoms. The standard InChI is InChI=1S/C32H41N3O5S/c1-6-25(4)33-32(37)28(7-2)34(21-20-26-14-10-8-11-15-26)31(36)23-35(29-22-24(3)18-19-30(29)40-5)41(38,39)27-16-12-9-13-17-27/h8-19,22,25,28H,6-7,20-21,23H2,1-5H3,(H,33,37). The smallest absolute Gasteiger partial charge is 0.264 e. The molecule has 0 saturated heterocycles. The number of amides is 2. The average molecular weight is 580 g/mol. The number of carbonyl (C=O) groups excluding carboxylic acids is 2. The molecule has 0 aliphatic carbocycles. The molecule has 2 amide bonds. The number of nitrogens with one attached hydrogen (secondary N) is 1. The number of anilines is 1. The lowest BCUT2D eigenvalue weighted by atomic mass is 10.1. The second-order valence-electron chi connectivity index (χ2n) is 10.1. The van der Waals surface area contributed by atoms with Crippen LogP contribution in [0.3, 0.4) is 0 Å². The van der Waals surface area contributed by atoms with Crippen LogP contribution in [0.4, 0.5) is 5.69 Å². The summed E-state index contributed by atoms with van der Waals surface area (Å²) in [6, 6.07) is 22.1. The van der Waals surface area contributed by atoms with Crippen LogP contribution in [0.2, 0.25) is 0 Å². The molecule has 3 aromatic rings. The minimum absolute atomic E-state index is 0.0498. The van der Waals surface area contributed by atoms with E-state index in [9.17, 15) is 18.0 Å². The predicted octanol–water partition coefficient (Wildman–Crippen LogP) is 4.96. The molecule has 2 atom stereocenters. The first-order chi connectivity index (χ1) is 19.6. The van der Waals surface area contributed by atoms with Crippen molar-refractivity contribution in [3.8, 4) is 5.75 Å². The summed E-state index contributed by atoms with van der Waals surface area (Å²) in [4.78, 5) is 29.1. The summed E-state index contributed by atoms with van der Waals surface area (Å²) in [6.07, 6.45) is 1.64. The Kier molecular flexibility index (Phi) is 11.3. The lowest BCUT2D eigenvalue weighted by Gasteiger charge is -2.34. The molecule has 1 N–H and O–H groups in total. The second kappa shape index (κ2) is 14.7. The molecular formula is C32H41N3O5S. The third-order valence-corrected chi connectivity index (χ3v) is 8.86. The Balaban J connectivity index is 2.06. The number of benzene rings is 3. The molecular weight excluding hydrogens is 538 g/mol. The zero-order chi connectivity index (χ0) is 30.0. The van der Waals surface area contributed by atoms with Crippen LogP contribution in [0, 0.1) is 6.92 Å². The van der Waals surface area contributed by atoms with E-state index in [1.807, 2.05) is 64.1 Å². The van der Waals surface area contributed by atoms with E-state index in [0.29, 0.717) is 18.6 Å². The van der Waals surface area contributed by atoms with Gasteiger partial charge in [0.15, 0.2) is 0 Å². The molecule has 0 spiro atoms. The summed E-state index contributed by atoms with van der Waals surface area (Å²) >= 11 is 0. The molecule has 8 nitrogen and oxygen atoms in total. The Labute approximate surface area is 244 Å². The predicted molar refractivity (Wildman–Crippen MR) is 163 cm³/mol. The van der Waals surface area contributed by atoms with Gasteiger partial charge in [-0.1, -0.05) is 68.4 Å². The Morgan fingerprint density at radius 3 is 2.15 bits per heavy atom. The van der Waals surface area contributed by atoms with Crippen molar-refractivity contribution in [1.29, 1.82) is 0 Å². The van der Waals surface area contributed by atoms with E-state index >= 15 is 0 Å². The van der Waals surface area contributed by atoms with E-state index < -0.39 is 28.5 Å². The molecule has 0 radical (unpaired) electrons. The van der Waals surface area contributed by atoms with Crippen molar-refractivity contribution in [1.82, 2.24) is 10.2 Å². The van der Waals surface area contributed by atoms with Crippen LogP contribution >= 0.6 is 0 Å². The van der Waals surface area contributed by atoms with Crippen LogP contribution in [0.5, 0.6) is 5.75 Å². The molecule has 0 heterocycles. The number of carbonyl (C=O) groups is 2. The van der Waals surface area contributed by atoms with Crippen LogP contribution in [0.1, 0.15) is 44.7 Å². The Morgan fingerprint density at radius 2 is 1.56 bits per heavy atom. The maximum absolute atomic E-state index is 14.2. The van der Waals surface area contributed by atoms with Gasteiger partial charge in [-0.05, 0) is 68.5 Å². The Bertz CT molecular complexity index is 1400. The number of sulfonamides is 1. The van der Waals surface area contributed by atoms with E-state index in [1.54, 1.807) is 30.3 Å². The Morgan fingerprint density at radius 1 is 0.927 bits per heavy atom. The van der Waals surface area contributed by atoms with Gasteiger partial charge in [0.2, 0.25) is 11.8 Å². The number of rotatable bonds is 14. The van der Waals surface area contributed by atoms with Crippen LogP contribution in [-0.4, -0.2) is 57.4 Å². The summed E-state index contributed by atoms with van der Waals surface area (Å²) in [5.41, 5.74) is 2.07. The summed E-state index contributed by atoms with van der Waals surface area (Å²) in [5.74, 6) is -0.413. The average Bonchev–Trinajstić information content (AvgIpc) is 2.98. The number of aryl methyl sites for hydroxylation is 1. The molecule has 2 unspecified atom stereocenters. The second-order valence-corrected chi connectivity index (χ2v) is 11.9. The molecule has 0 aliphatic heterocycles. The molecule has 3 rings (SSSR count). The molecule has 41 heavy (non-hydrogen) atoms. The number of methoxy groups -OCH3 is 1. The summed E-state index contributed by atoms with van der Waals surface area (Å²) in [6.45, 7) is 7.34. The van der Waals surface area contributed by atoms with Crippen molar-refractivity contribution in [2.75, 3.05) is 24.5 Å². The van der Waals surface area contributed by atoms with E-state index in [1.165, 1.54) is 24.1 Å². The van der Waals surface area contributed by atoms with Gasteiger partial charge < -0.3 is 15.0 Å². The maximum Gasteiger partial charge on any atom is 0.264 e. The topological polar surface area (TPSA) is 96.0 Å². The monoisotopic (exact) mass is 579 g/mol. The number of ether oxygens (including phenoxy) is 1. The highest BCUT2D eigenvalue weighted by molar-refractivity contribution is 7.92. The maximum atomic E-state index is 14.2. The van der Waals surface area contributed by atoms with Gasteiger partial charge in [-0.15, -0.1) is 0 Å². The van der Waals surface area contributed by atoms with Gasteiger partial charge in [0.05, 0.1) is 17.7 Å². The first-order valence-electron chi connectivity index (χ1n) is 14.0. The van der Waals surface area contributed by atoms with E-state index in [0.717, 1.165) is 21.9 Å². The third-order valence-electron chi connectivity index (χ3n) is 7.08. The summed E-state index contributed by atoms with van der Waals surface area (Å²) in [5, 5.41) is 3.00. The summed E-state index contributed by atoms with van der Waals surface area (Å²) < 4.78 is 34.7. The third kappa shape index (κ3) is 8.10. The van der Waals surface area contributed by atoms with Gasteiger partial charge in [0.1, 0.15) is 18.3 Å². The van der Waals surface area contributed by atoms with Crippen LogP contribution in [0.15, 0.2) is 83.8 Å². The van der Waals surface area contributed by atoms with E-state index in [2.05, 4.69) is 5.32 Å². The van der Waals surface area contributed by atoms with Gasteiger partial charge in [-0.2, -0.15) is 0 Å². The first-order valence-corrected chi connectivity index (χ1v) is 15.4. The van der Waals surface area contributed by atoms with Gasteiger partial charge in [-0.3, -0.25) is 13.9 Å². The quantitative estimate of drug-likeness (QED) is 0.291. The van der Waals surface area contributed by atoms with Gasteiger partial charge in [-0.25, -0.2) is 8.42 Å². The minimum atomic E-state index is -4.17. The van der Waals surface area contributed by atoms with Crippen molar-refractivity contribution in [2.24, 2.45) is 0 Å². The highest BCUT2D eigenvalue weighted by Gasteiger charge is 2.34. The molecule has 3 aromatic carbocycles. The molecule has 0 fully saturated rings. The molecule has 0 saturated carbocycles. The molecule has 9 heteroatoms. The van der Waals surface area contributed by atoms with Gasteiger partial charge in [0, 0.05) is 12.6 Å². The zero-order valence-corrected chi connectivity index (χ0v) is 25.4. The van der Waals surface area contributed by atoms with Crippen molar-refractivity contribution >= 4 is 27.5 Å². The van der Waals surface area contributed by atoms with Crippen LogP contribution in [0.25, 0.3) is 0 Å². The zero-order valence-electron chi connectivity index (χ0n) is 24.5. The van der Waals surface area contributed by atoms with Crippen molar-refractivity contribution in [3.05, 3.63) is 90.0 Å². The highest BCUT2D eigenvalue weighted by atomic mass is 32.2. The lowest BCUT2D eigenvalue weighted by Crippen LogP contribution is -2.54. The van der Waals surface area contributed by atoms with Crippen LogP contribution in [-0.2, 0) is 26.0 Å². The fourth-order valence-corrected chi connectivity index (χ4v) is 6.00. The minimum Gasteiger partial charge on any atom is -0.495 e. The van der Waals surface area contributed by atoms with Crippen LogP contribution < -0.4 is 14.4 Å². The largest absolute Gasteiger partial charge is 0.495 e. The Hall–Kier alpha value is -3.85. The number of nitrogens with zero attached hydrogens (tertiary/aromatic N) is 2. The van der Waals surface area contributed by atoms with Crippen molar-refractivity contribution in [3.63, 3.8) is 0 Å². The van der Waals surface area contributed by atoms with Crippen molar-refractivity contribution in [2.45, 2.75) is 63.9 Å². The first kappa shape index (κ1) is 31.7.